The minimum Gasteiger partial charge on any atom is -0.481 e. The lowest BCUT2D eigenvalue weighted by molar-refractivity contribution is -0.266. The smallest absolute Gasteiger partial charge is 0.306 e. The summed E-state index contributed by atoms with van der Waals surface area (Å²) in [6.07, 6.45) is 8.39. The second-order valence-corrected chi connectivity index (χ2v) is 9.97. The summed E-state index contributed by atoms with van der Waals surface area (Å²) >= 11 is 0. The standard InChI is InChI=1S/C20H34O3/c1-17(2)9-6-10-19(4)14(17)8-12-20(5)15(19)7-11-18(3,23-20)13-16(21)22/h14-15H,6-13H2,1-5H3,(H,21,22)/t14-,15+,18+,19-,20-/m0/s1. The Labute approximate surface area is 141 Å². The average Bonchev–Trinajstić information content (AvgIpc) is 2.34. The number of carboxylic acid groups (broad SMARTS) is 1. The van der Waals surface area contributed by atoms with Crippen LogP contribution in [-0.4, -0.2) is 22.3 Å². The molecule has 3 heteroatoms. The first-order valence-corrected chi connectivity index (χ1v) is 9.43. The van der Waals surface area contributed by atoms with E-state index in [0.717, 1.165) is 25.2 Å². The van der Waals surface area contributed by atoms with Crippen LogP contribution >= 0.6 is 0 Å². The zero-order valence-corrected chi connectivity index (χ0v) is 15.6. The Balaban J connectivity index is 1.88. The minimum absolute atomic E-state index is 0.126. The van der Waals surface area contributed by atoms with Gasteiger partial charge < -0.3 is 9.84 Å². The first-order valence-electron chi connectivity index (χ1n) is 9.43. The quantitative estimate of drug-likeness (QED) is 0.775. The highest BCUT2D eigenvalue weighted by molar-refractivity contribution is 5.68. The summed E-state index contributed by atoms with van der Waals surface area (Å²) in [6.45, 7) is 11.7. The molecule has 0 spiro atoms. The van der Waals surface area contributed by atoms with E-state index in [1.54, 1.807) is 0 Å². The van der Waals surface area contributed by atoms with Crippen molar-refractivity contribution in [3.05, 3.63) is 0 Å². The molecule has 132 valence electrons. The number of hydrogen-bond donors (Lipinski definition) is 1. The van der Waals surface area contributed by atoms with Gasteiger partial charge >= 0.3 is 5.97 Å². The number of carbonyl (C=O) groups is 1. The van der Waals surface area contributed by atoms with Gasteiger partial charge in [-0.3, -0.25) is 4.79 Å². The van der Waals surface area contributed by atoms with Gasteiger partial charge in [0.05, 0.1) is 17.6 Å². The molecular formula is C20H34O3. The van der Waals surface area contributed by atoms with Crippen molar-refractivity contribution in [2.75, 3.05) is 0 Å². The molecule has 0 unspecified atom stereocenters. The molecule has 0 radical (unpaired) electrons. The molecule has 5 atom stereocenters. The van der Waals surface area contributed by atoms with Crippen LogP contribution in [0.2, 0.25) is 0 Å². The molecule has 1 aliphatic heterocycles. The van der Waals surface area contributed by atoms with Crippen LogP contribution in [0.4, 0.5) is 0 Å². The lowest BCUT2D eigenvalue weighted by Crippen LogP contribution is -2.63. The predicted octanol–water partition coefficient (Wildman–Crippen LogP) is 5.03. The fourth-order valence-corrected chi connectivity index (χ4v) is 6.87. The normalized spacial score (nSPS) is 49.1. The Kier molecular flexibility index (Phi) is 3.91. The number of carboxylic acids is 1. The summed E-state index contributed by atoms with van der Waals surface area (Å²) in [6, 6.07) is 0. The highest BCUT2D eigenvalue weighted by Crippen LogP contribution is 2.65. The Morgan fingerprint density at radius 3 is 2.30 bits per heavy atom. The van der Waals surface area contributed by atoms with Crippen molar-refractivity contribution in [3.63, 3.8) is 0 Å². The third-order valence-electron chi connectivity index (χ3n) is 7.71. The van der Waals surface area contributed by atoms with Gasteiger partial charge in [-0.25, -0.2) is 0 Å². The van der Waals surface area contributed by atoms with Crippen molar-refractivity contribution in [1.29, 1.82) is 0 Å². The first kappa shape index (κ1) is 17.3. The Bertz CT molecular complexity index is 499. The minimum atomic E-state index is -0.742. The van der Waals surface area contributed by atoms with Crippen molar-refractivity contribution in [2.45, 2.75) is 97.2 Å². The molecule has 0 aromatic carbocycles. The van der Waals surface area contributed by atoms with Crippen LogP contribution in [0.3, 0.4) is 0 Å². The van der Waals surface area contributed by atoms with E-state index in [-0.39, 0.29) is 12.0 Å². The lowest BCUT2D eigenvalue weighted by atomic mass is 9.44. The monoisotopic (exact) mass is 322 g/mol. The van der Waals surface area contributed by atoms with Crippen LogP contribution in [0.5, 0.6) is 0 Å². The van der Waals surface area contributed by atoms with E-state index in [1.165, 1.54) is 25.7 Å². The van der Waals surface area contributed by atoms with Gasteiger partial charge in [-0.1, -0.05) is 27.2 Å². The molecule has 0 aromatic rings. The third kappa shape index (κ3) is 2.73. The van der Waals surface area contributed by atoms with Gasteiger partial charge in [0, 0.05) is 0 Å². The molecule has 3 nitrogen and oxygen atoms in total. The molecule has 0 aromatic heterocycles. The second-order valence-electron chi connectivity index (χ2n) is 9.97. The van der Waals surface area contributed by atoms with Gasteiger partial charge in [0.25, 0.3) is 0 Å². The number of fused-ring (bicyclic) bond motifs is 3. The predicted molar refractivity (Wildman–Crippen MR) is 91.3 cm³/mol. The van der Waals surface area contributed by atoms with E-state index >= 15 is 0 Å². The highest BCUT2D eigenvalue weighted by Gasteiger charge is 2.61. The van der Waals surface area contributed by atoms with Gasteiger partial charge in [0.2, 0.25) is 0 Å². The van der Waals surface area contributed by atoms with Crippen molar-refractivity contribution < 1.29 is 14.6 Å². The summed E-state index contributed by atoms with van der Waals surface area (Å²) in [5.41, 5.74) is 0.126. The third-order valence-corrected chi connectivity index (χ3v) is 7.71. The summed E-state index contributed by atoms with van der Waals surface area (Å²) in [7, 11) is 0. The lowest BCUT2D eigenvalue weighted by Gasteiger charge is -2.65. The molecule has 1 N–H and O–H groups in total. The van der Waals surface area contributed by atoms with Gasteiger partial charge in [0.15, 0.2) is 0 Å². The van der Waals surface area contributed by atoms with Crippen LogP contribution in [0.25, 0.3) is 0 Å². The summed E-state index contributed by atoms with van der Waals surface area (Å²) in [5.74, 6) is 0.595. The van der Waals surface area contributed by atoms with Gasteiger partial charge in [-0.2, -0.15) is 0 Å². The SMILES string of the molecule is CC1(C)CCC[C@]2(C)[C@H]3CC[C@](C)(CC(=O)O)O[C@@]3(C)CC[C@@H]12. The van der Waals surface area contributed by atoms with E-state index in [9.17, 15) is 9.90 Å². The summed E-state index contributed by atoms with van der Waals surface area (Å²) in [4.78, 5) is 11.2. The fraction of sp³-hybridized carbons (Fsp3) is 0.950. The van der Waals surface area contributed by atoms with Crippen LogP contribution in [0.1, 0.15) is 86.0 Å². The van der Waals surface area contributed by atoms with Gasteiger partial charge in [-0.15, -0.1) is 0 Å². The molecule has 23 heavy (non-hydrogen) atoms. The fourth-order valence-electron chi connectivity index (χ4n) is 6.87. The Morgan fingerprint density at radius 1 is 1.00 bits per heavy atom. The first-order chi connectivity index (χ1) is 10.5. The molecule has 0 bridgehead atoms. The summed E-state index contributed by atoms with van der Waals surface area (Å²) in [5, 5.41) is 9.24. The van der Waals surface area contributed by atoms with Gasteiger partial charge in [0.1, 0.15) is 0 Å². The van der Waals surface area contributed by atoms with Crippen LogP contribution in [0.15, 0.2) is 0 Å². The van der Waals surface area contributed by atoms with Crippen LogP contribution < -0.4 is 0 Å². The van der Waals surface area contributed by atoms with Crippen molar-refractivity contribution >= 4 is 5.97 Å². The van der Waals surface area contributed by atoms with E-state index in [1.807, 2.05) is 6.92 Å². The molecule has 1 saturated heterocycles. The number of aliphatic carboxylic acids is 1. The van der Waals surface area contributed by atoms with E-state index in [0.29, 0.717) is 16.7 Å². The number of ether oxygens (including phenoxy) is 1. The molecule has 3 fully saturated rings. The number of rotatable bonds is 2. The van der Waals surface area contributed by atoms with Crippen LogP contribution in [-0.2, 0) is 9.53 Å². The van der Waals surface area contributed by atoms with E-state index in [4.69, 9.17) is 4.74 Å². The van der Waals surface area contributed by atoms with E-state index < -0.39 is 11.6 Å². The largest absolute Gasteiger partial charge is 0.481 e. The Morgan fingerprint density at radius 2 is 1.65 bits per heavy atom. The highest BCUT2D eigenvalue weighted by atomic mass is 16.5. The molecule has 3 aliphatic rings. The molecule has 2 aliphatic carbocycles. The maximum atomic E-state index is 11.2. The maximum Gasteiger partial charge on any atom is 0.306 e. The topological polar surface area (TPSA) is 46.5 Å². The molecule has 3 rings (SSSR count). The van der Waals surface area contributed by atoms with E-state index in [2.05, 4.69) is 27.7 Å². The summed E-state index contributed by atoms with van der Waals surface area (Å²) < 4.78 is 6.58. The van der Waals surface area contributed by atoms with Crippen LogP contribution in [0, 0.1) is 22.7 Å². The molecule has 2 saturated carbocycles. The van der Waals surface area contributed by atoms with Gasteiger partial charge in [-0.05, 0) is 75.0 Å². The molecular weight excluding hydrogens is 288 g/mol. The van der Waals surface area contributed by atoms with Crippen molar-refractivity contribution in [2.24, 2.45) is 22.7 Å². The zero-order chi connectivity index (χ0) is 17.1. The Hall–Kier alpha value is -0.570. The molecule has 0 amide bonds. The average molecular weight is 322 g/mol. The van der Waals surface area contributed by atoms with Crippen molar-refractivity contribution in [1.82, 2.24) is 0 Å². The molecule has 1 heterocycles. The van der Waals surface area contributed by atoms with Crippen molar-refractivity contribution in [3.8, 4) is 0 Å². The number of hydrogen-bond acceptors (Lipinski definition) is 2. The second kappa shape index (κ2) is 5.21. The zero-order valence-electron chi connectivity index (χ0n) is 15.6. The maximum absolute atomic E-state index is 11.2.